The summed E-state index contributed by atoms with van der Waals surface area (Å²) in [7, 11) is 0. The molecule has 0 bridgehead atoms. The van der Waals surface area contributed by atoms with Gasteiger partial charge >= 0.3 is 0 Å². The number of hydrogen-bond acceptors (Lipinski definition) is 5. The Hall–Kier alpha value is -1.92. The minimum atomic E-state index is 0.320. The van der Waals surface area contributed by atoms with Gasteiger partial charge in [0.1, 0.15) is 5.69 Å². The lowest BCUT2D eigenvalue weighted by atomic mass is 10.2. The van der Waals surface area contributed by atoms with Crippen LogP contribution in [-0.4, -0.2) is 15.1 Å². The fraction of sp³-hybridized carbons (Fsp3) is 0. The van der Waals surface area contributed by atoms with Gasteiger partial charge in [-0.25, -0.2) is 0 Å². The Kier molecular flexibility index (Phi) is 3.42. The topological polar surface area (TPSA) is 77.8 Å². The van der Waals surface area contributed by atoms with Crippen molar-refractivity contribution in [3.8, 4) is 23.0 Å². The Balaban J connectivity index is 2.07. The molecule has 0 aliphatic carbocycles. The zero-order valence-corrected chi connectivity index (χ0v) is 12.4. The predicted octanol–water partition coefficient (Wildman–Crippen LogP) is 3.80. The van der Waals surface area contributed by atoms with Crippen molar-refractivity contribution in [3.05, 3.63) is 46.0 Å². The maximum absolute atomic E-state index is 6.05. The lowest BCUT2D eigenvalue weighted by Gasteiger charge is -2.00. The van der Waals surface area contributed by atoms with Gasteiger partial charge in [0.2, 0.25) is 5.82 Å². The first-order valence-electron chi connectivity index (χ1n) is 5.65. The summed E-state index contributed by atoms with van der Waals surface area (Å²) in [5, 5.41) is 4.35. The second kappa shape index (κ2) is 5.22. The number of nitrogens with two attached hydrogens (primary N) is 1. The van der Waals surface area contributed by atoms with Crippen molar-refractivity contribution in [3.63, 3.8) is 0 Å². The van der Waals surface area contributed by atoms with Crippen LogP contribution >= 0.6 is 27.5 Å². The van der Waals surface area contributed by atoms with Gasteiger partial charge in [-0.3, -0.25) is 4.98 Å². The molecule has 7 heteroatoms. The molecule has 0 amide bonds. The van der Waals surface area contributed by atoms with E-state index in [1.54, 1.807) is 24.4 Å². The molecule has 0 saturated heterocycles. The van der Waals surface area contributed by atoms with Crippen molar-refractivity contribution in [2.24, 2.45) is 0 Å². The number of rotatable bonds is 2. The Morgan fingerprint density at radius 3 is 2.90 bits per heavy atom. The molecule has 1 aromatic carbocycles. The summed E-state index contributed by atoms with van der Waals surface area (Å²) >= 11 is 9.43. The van der Waals surface area contributed by atoms with Crippen molar-refractivity contribution in [2.45, 2.75) is 0 Å². The van der Waals surface area contributed by atoms with Gasteiger partial charge in [-0.1, -0.05) is 32.7 Å². The summed E-state index contributed by atoms with van der Waals surface area (Å²) in [6.45, 7) is 0. The van der Waals surface area contributed by atoms with Crippen LogP contribution in [0.5, 0.6) is 0 Å². The Morgan fingerprint density at radius 2 is 2.10 bits per heavy atom. The second-order valence-electron chi connectivity index (χ2n) is 3.99. The molecule has 5 nitrogen and oxygen atoms in total. The van der Waals surface area contributed by atoms with Gasteiger partial charge in [0.15, 0.2) is 0 Å². The maximum Gasteiger partial charge on any atom is 0.260 e. The van der Waals surface area contributed by atoms with Gasteiger partial charge in [0.05, 0.1) is 10.6 Å². The molecule has 2 heterocycles. The predicted molar refractivity (Wildman–Crippen MR) is 80.1 cm³/mol. The van der Waals surface area contributed by atoms with E-state index in [2.05, 4.69) is 31.1 Å². The Morgan fingerprint density at radius 1 is 1.25 bits per heavy atom. The van der Waals surface area contributed by atoms with E-state index >= 15 is 0 Å². The molecular formula is C13H8BrClN4O. The van der Waals surface area contributed by atoms with E-state index in [1.165, 1.54) is 0 Å². The molecule has 0 saturated carbocycles. The van der Waals surface area contributed by atoms with E-state index in [0.717, 1.165) is 4.47 Å². The highest BCUT2D eigenvalue weighted by atomic mass is 79.9. The lowest BCUT2D eigenvalue weighted by molar-refractivity contribution is 0.432. The first-order chi connectivity index (χ1) is 9.65. The summed E-state index contributed by atoms with van der Waals surface area (Å²) in [5.74, 6) is 0.644. The zero-order valence-electron chi connectivity index (χ0n) is 10.0. The number of anilines is 1. The van der Waals surface area contributed by atoms with Crippen molar-refractivity contribution in [2.75, 3.05) is 5.73 Å². The van der Waals surface area contributed by atoms with Crippen molar-refractivity contribution in [1.29, 1.82) is 0 Å². The number of nitrogens with zero attached hydrogens (tertiary/aromatic N) is 3. The fourth-order valence-corrected chi connectivity index (χ4v) is 2.26. The van der Waals surface area contributed by atoms with Crippen LogP contribution in [0.1, 0.15) is 0 Å². The molecule has 0 radical (unpaired) electrons. The Bertz CT molecular complexity index is 775. The number of halogens is 2. The standard InChI is InChI=1S/C13H8BrClN4O/c14-7-3-4-10(16)8(6-7)13-18-12(19-20-13)11-9(15)2-1-5-17-11/h1-6H,16H2. The van der Waals surface area contributed by atoms with E-state index in [1.807, 2.05) is 12.1 Å². The molecule has 100 valence electrons. The number of hydrogen-bond donors (Lipinski definition) is 1. The van der Waals surface area contributed by atoms with Gasteiger partial charge in [0, 0.05) is 16.4 Å². The van der Waals surface area contributed by atoms with Gasteiger partial charge in [-0.05, 0) is 30.3 Å². The minimum Gasteiger partial charge on any atom is -0.398 e. The van der Waals surface area contributed by atoms with Gasteiger partial charge in [-0.15, -0.1) is 0 Å². The van der Waals surface area contributed by atoms with Crippen LogP contribution < -0.4 is 5.73 Å². The van der Waals surface area contributed by atoms with Crippen LogP contribution in [0.3, 0.4) is 0 Å². The summed E-state index contributed by atoms with van der Waals surface area (Å²) in [5.41, 5.74) is 7.59. The molecule has 0 aliphatic rings. The average molecular weight is 352 g/mol. The third-order valence-electron chi connectivity index (χ3n) is 2.64. The zero-order chi connectivity index (χ0) is 14.1. The highest BCUT2D eigenvalue weighted by Crippen LogP contribution is 2.30. The minimum absolute atomic E-state index is 0.320. The van der Waals surface area contributed by atoms with Crippen molar-refractivity contribution >= 4 is 33.2 Å². The van der Waals surface area contributed by atoms with Crippen LogP contribution in [-0.2, 0) is 0 Å². The molecular weight excluding hydrogens is 344 g/mol. The third kappa shape index (κ3) is 2.39. The normalized spacial score (nSPS) is 10.7. The number of nitrogen functional groups attached to an aromatic ring is 1. The molecule has 3 aromatic rings. The molecule has 0 fully saturated rings. The van der Waals surface area contributed by atoms with E-state index < -0.39 is 0 Å². The van der Waals surface area contributed by atoms with Crippen molar-refractivity contribution in [1.82, 2.24) is 15.1 Å². The highest BCUT2D eigenvalue weighted by Gasteiger charge is 2.16. The number of benzene rings is 1. The molecule has 3 rings (SSSR count). The summed E-state index contributed by atoms with van der Waals surface area (Å²) < 4.78 is 6.11. The molecule has 2 N–H and O–H groups in total. The molecule has 0 unspecified atom stereocenters. The first-order valence-corrected chi connectivity index (χ1v) is 6.82. The quantitative estimate of drug-likeness (QED) is 0.711. The molecule has 0 atom stereocenters. The molecule has 2 aromatic heterocycles. The highest BCUT2D eigenvalue weighted by molar-refractivity contribution is 9.10. The van der Waals surface area contributed by atoms with E-state index in [-0.39, 0.29) is 0 Å². The monoisotopic (exact) mass is 350 g/mol. The second-order valence-corrected chi connectivity index (χ2v) is 5.31. The van der Waals surface area contributed by atoms with Crippen LogP contribution in [0.4, 0.5) is 5.69 Å². The number of aromatic nitrogens is 3. The largest absolute Gasteiger partial charge is 0.398 e. The lowest BCUT2D eigenvalue weighted by Crippen LogP contribution is -1.90. The van der Waals surface area contributed by atoms with Crippen LogP contribution in [0.2, 0.25) is 5.02 Å². The summed E-state index contributed by atoms with van der Waals surface area (Å²) in [4.78, 5) is 8.43. The van der Waals surface area contributed by atoms with Crippen LogP contribution in [0.25, 0.3) is 23.0 Å². The van der Waals surface area contributed by atoms with E-state index in [4.69, 9.17) is 21.9 Å². The smallest absolute Gasteiger partial charge is 0.260 e. The summed E-state index contributed by atoms with van der Waals surface area (Å²) in [6, 6.07) is 8.86. The maximum atomic E-state index is 6.05. The Labute approximate surface area is 127 Å². The van der Waals surface area contributed by atoms with Crippen molar-refractivity contribution < 1.29 is 4.52 Å². The number of pyridine rings is 1. The van der Waals surface area contributed by atoms with Gasteiger partial charge in [-0.2, -0.15) is 4.98 Å². The SMILES string of the molecule is Nc1ccc(Br)cc1-c1nc(-c2ncccc2Cl)no1. The van der Waals surface area contributed by atoms with Gasteiger partial charge < -0.3 is 10.3 Å². The molecule has 20 heavy (non-hydrogen) atoms. The average Bonchev–Trinajstić information content (AvgIpc) is 2.91. The van der Waals surface area contributed by atoms with E-state index in [9.17, 15) is 0 Å². The van der Waals surface area contributed by atoms with Gasteiger partial charge in [0.25, 0.3) is 5.89 Å². The van der Waals surface area contributed by atoms with E-state index in [0.29, 0.717) is 33.7 Å². The molecule has 0 spiro atoms. The van der Waals surface area contributed by atoms with Crippen LogP contribution in [0.15, 0.2) is 45.5 Å². The molecule has 0 aliphatic heterocycles. The fourth-order valence-electron chi connectivity index (χ4n) is 1.69. The van der Waals surface area contributed by atoms with Crippen LogP contribution in [0, 0.1) is 0 Å². The summed E-state index contributed by atoms with van der Waals surface area (Å²) in [6.07, 6.45) is 1.62. The third-order valence-corrected chi connectivity index (χ3v) is 3.44. The first kappa shape index (κ1) is 13.1.